The van der Waals surface area contributed by atoms with Crippen molar-refractivity contribution in [1.82, 2.24) is 30.0 Å². The second-order valence-corrected chi connectivity index (χ2v) is 7.02. The lowest BCUT2D eigenvalue weighted by atomic mass is 10.1. The number of nitrogens with one attached hydrogen (secondary N) is 1. The van der Waals surface area contributed by atoms with E-state index in [2.05, 4.69) is 25.4 Å². The molecule has 1 unspecified atom stereocenters. The predicted octanol–water partition coefficient (Wildman–Crippen LogP) is 3.56. The van der Waals surface area contributed by atoms with Gasteiger partial charge in [-0.15, -0.1) is 0 Å². The lowest BCUT2D eigenvalue weighted by Gasteiger charge is -2.22. The summed E-state index contributed by atoms with van der Waals surface area (Å²) < 4.78 is 41.0. The molecule has 0 fully saturated rings. The number of anilines is 1. The van der Waals surface area contributed by atoms with Gasteiger partial charge in [-0.3, -0.25) is 4.90 Å². The maximum Gasteiger partial charge on any atom is 0.417 e. The number of hydrogen-bond donors (Lipinski definition) is 1. The van der Waals surface area contributed by atoms with Crippen LogP contribution < -0.4 is 10.2 Å². The number of amides is 2. The molecule has 156 valence electrons. The summed E-state index contributed by atoms with van der Waals surface area (Å²) in [5.41, 5.74) is -0.211. The minimum Gasteiger partial charge on any atom is -0.328 e. The van der Waals surface area contributed by atoms with Crippen molar-refractivity contribution in [3.63, 3.8) is 0 Å². The highest BCUT2D eigenvalue weighted by atomic mass is 35.5. The monoisotopic (exact) mass is 437 g/mol. The fourth-order valence-electron chi connectivity index (χ4n) is 3.26. The highest BCUT2D eigenvalue weighted by Crippen LogP contribution is 2.40. The van der Waals surface area contributed by atoms with Crippen molar-refractivity contribution >= 4 is 23.3 Å². The lowest BCUT2D eigenvalue weighted by Crippen LogP contribution is -2.41. The van der Waals surface area contributed by atoms with Gasteiger partial charge in [-0.1, -0.05) is 11.6 Å². The molecule has 0 radical (unpaired) electrons. The van der Waals surface area contributed by atoms with Crippen LogP contribution in [-0.2, 0) is 12.6 Å². The van der Waals surface area contributed by atoms with Gasteiger partial charge in [0.1, 0.15) is 6.33 Å². The van der Waals surface area contributed by atoms with Crippen molar-refractivity contribution in [2.75, 3.05) is 11.4 Å². The highest BCUT2D eigenvalue weighted by molar-refractivity contribution is 6.31. The maximum atomic E-state index is 13.2. The zero-order chi connectivity index (χ0) is 21.5. The number of carbonyl (C=O) groups excluding carboxylic acids is 1. The molecular weight excluding hydrogens is 423 g/mol. The molecule has 2 aromatic heterocycles. The molecule has 1 aliphatic heterocycles. The Labute approximate surface area is 173 Å². The third kappa shape index (κ3) is 3.67. The van der Waals surface area contributed by atoms with Crippen LogP contribution >= 0.6 is 11.6 Å². The average molecular weight is 438 g/mol. The Morgan fingerprint density at radius 3 is 2.67 bits per heavy atom. The van der Waals surface area contributed by atoms with Gasteiger partial charge in [0, 0.05) is 24.6 Å². The smallest absolute Gasteiger partial charge is 0.328 e. The Morgan fingerprint density at radius 2 is 1.97 bits per heavy atom. The first-order valence-corrected chi connectivity index (χ1v) is 9.28. The minimum atomic E-state index is -4.61. The fraction of sp³-hybridized carbons (Fsp3) is 0.278. The summed E-state index contributed by atoms with van der Waals surface area (Å²) in [6.45, 7) is 1.92. The molecule has 4 rings (SSSR count). The van der Waals surface area contributed by atoms with Gasteiger partial charge in [-0.05, 0) is 37.1 Å². The van der Waals surface area contributed by atoms with Crippen LogP contribution in [0.5, 0.6) is 0 Å². The van der Waals surface area contributed by atoms with Crippen LogP contribution in [0.2, 0.25) is 5.02 Å². The number of nitrogens with zero attached hydrogens (tertiary/aromatic N) is 6. The fourth-order valence-corrected chi connectivity index (χ4v) is 3.56. The molecule has 3 heterocycles. The van der Waals surface area contributed by atoms with E-state index in [4.69, 9.17) is 11.6 Å². The molecule has 0 spiro atoms. The zero-order valence-corrected chi connectivity index (χ0v) is 16.3. The molecule has 8 nitrogen and oxygen atoms in total. The number of aromatic nitrogens is 5. The normalized spacial score (nSPS) is 14.5. The largest absolute Gasteiger partial charge is 0.417 e. The average Bonchev–Trinajstić information content (AvgIpc) is 3.34. The molecular formula is C18H15ClF3N7O. The summed E-state index contributed by atoms with van der Waals surface area (Å²) in [5.74, 6) is 0.656. The molecule has 0 aliphatic carbocycles. The molecule has 1 atom stereocenters. The van der Waals surface area contributed by atoms with Crippen molar-refractivity contribution in [3.8, 4) is 5.95 Å². The second kappa shape index (κ2) is 7.56. The SMILES string of the molecule is CC(NC(=O)N1CCc2cc(Cl)c(C(F)(F)F)cc21)c1ncnn1-c1ncccn1. The van der Waals surface area contributed by atoms with Gasteiger partial charge < -0.3 is 5.32 Å². The Bertz CT molecular complexity index is 1090. The summed E-state index contributed by atoms with van der Waals surface area (Å²) in [5, 5.41) is 6.43. The van der Waals surface area contributed by atoms with E-state index in [1.807, 2.05) is 0 Å². The number of fused-ring (bicyclic) bond motifs is 1. The topological polar surface area (TPSA) is 88.8 Å². The number of alkyl halides is 3. The summed E-state index contributed by atoms with van der Waals surface area (Å²) >= 11 is 5.78. The summed E-state index contributed by atoms with van der Waals surface area (Å²) in [6.07, 6.45) is 0.180. The molecule has 0 saturated carbocycles. The van der Waals surface area contributed by atoms with Gasteiger partial charge in [0.15, 0.2) is 5.82 Å². The van der Waals surface area contributed by atoms with Gasteiger partial charge >= 0.3 is 12.2 Å². The van der Waals surface area contributed by atoms with E-state index >= 15 is 0 Å². The minimum absolute atomic E-state index is 0.185. The third-order valence-corrected chi connectivity index (χ3v) is 4.97. The van der Waals surface area contributed by atoms with Crippen LogP contribution in [0.1, 0.15) is 29.9 Å². The van der Waals surface area contributed by atoms with Crippen molar-refractivity contribution < 1.29 is 18.0 Å². The van der Waals surface area contributed by atoms with Crippen LogP contribution in [0, 0.1) is 0 Å². The number of hydrogen-bond acceptors (Lipinski definition) is 5. The first kappa shape index (κ1) is 20.1. The number of benzene rings is 1. The molecule has 3 aromatic rings. The summed E-state index contributed by atoms with van der Waals surface area (Å²) in [4.78, 5) is 26.4. The van der Waals surface area contributed by atoms with Gasteiger partial charge in [-0.2, -0.15) is 23.0 Å². The Morgan fingerprint density at radius 1 is 1.23 bits per heavy atom. The van der Waals surface area contributed by atoms with Crippen molar-refractivity contribution in [2.45, 2.75) is 25.6 Å². The summed E-state index contributed by atoms with van der Waals surface area (Å²) in [6, 6.07) is 2.66. The van der Waals surface area contributed by atoms with Gasteiger partial charge in [-0.25, -0.2) is 19.7 Å². The van der Waals surface area contributed by atoms with Crippen LogP contribution in [0.4, 0.5) is 23.7 Å². The van der Waals surface area contributed by atoms with Gasteiger partial charge in [0.05, 0.1) is 16.6 Å². The number of rotatable bonds is 3. The highest BCUT2D eigenvalue weighted by Gasteiger charge is 2.36. The third-order valence-electron chi connectivity index (χ3n) is 4.66. The van der Waals surface area contributed by atoms with E-state index in [9.17, 15) is 18.0 Å². The van der Waals surface area contributed by atoms with Crippen LogP contribution in [-0.4, -0.2) is 37.3 Å². The standard InChI is InChI=1S/C18H15ClF3N7O/c1-10(15-25-9-26-29(15)16-23-4-2-5-24-16)27-17(30)28-6-3-11-7-13(19)12(8-14(11)28)18(20,21)22/h2,4-5,7-10H,3,6H2,1H3,(H,27,30). The predicted molar refractivity (Wildman–Crippen MR) is 101 cm³/mol. The van der Waals surface area contributed by atoms with Crippen molar-refractivity contribution in [3.05, 3.63) is 58.9 Å². The quantitative estimate of drug-likeness (QED) is 0.676. The lowest BCUT2D eigenvalue weighted by molar-refractivity contribution is -0.137. The Hall–Kier alpha value is -3.21. The Balaban J connectivity index is 1.57. The van der Waals surface area contributed by atoms with Crippen LogP contribution in [0.15, 0.2) is 36.9 Å². The van der Waals surface area contributed by atoms with E-state index in [1.165, 1.54) is 22.0 Å². The number of urea groups is 1. The first-order valence-electron chi connectivity index (χ1n) is 8.90. The molecule has 2 amide bonds. The second-order valence-electron chi connectivity index (χ2n) is 6.61. The van der Waals surface area contributed by atoms with Crippen LogP contribution in [0.25, 0.3) is 5.95 Å². The van der Waals surface area contributed by atoms with Crippen molar-refractivity contribution in [2.24, 2.45) is 0 Å². The molecule has 1 aliphatic rings. The van der Waals surface area contributed by atoms with E-state index in [1.54, 1.807) is 25.4 Å². The molecule has 30 heavy (non-hydrogen) atoms. The number of carbonyl (C=O) groups is 1. The maximum absolute atomic E-state index is 13.2. The molecule has 0 bridgehead atoms. The van der Waals surface area contributed by atoms with E-state index in [0.29, 0.717) is 17.8 Å². The zero-order valence-electron chi connectivity index (χ0n) is 15.6. The van der Waals surface area contributed by atoms with E-state index in [0.717, 1.165) is 6.07 Å². The molecule has 0 saturated heterocycles. The first-order chi connectivity index (χ1) is 14.3. The van der Waals surface area contributed by atoms with Gasteiger partial charge in [0.2, 0.25) is 0 Å². The molecule has 1 aromatic carbocycles. The Kier molecular flexibility index (Phi) is 5.06. The van der Waals surface area contributed by atoms with Crippen LogP contribution in [0.3, 0.4) is 0 Å². The molecule has 1 N–H and O–H groups in total. The van der Waals surface area contributed by atoms with Crippen molar-refractivity contribution in [1.29, 1.82) is 0 Å². The number of halogens is 4. The summed E-state index contributed by atoms with van der Waals surface area (Å²) in [7, 11) is 0. The van der Waals surface area contributed by atoms with E-state index < -0.39 is 23.8 Å². The van der Waals surface area contributed by atoms with E-state index in [-0.39, 0.29) is 23.2 Å². The molecule has 12 heteroatoms. The van der Waals surface area contributed by atoms with Gasteiger partial charge in [0.25, 0.3) is 5.95 Å².